The van der Waals surface area contributed by atoms with Crippen molar-refractivity contribution in [3.05, 3.63) is 55.9 Å². The molecule has 0 spiro atoms. The minimum absolute atomic E-state index is 0.0456. The van der Waals surface area contributed by atoms with Gasteiger partial charge in [0.1, 0.15) is 5.75 Å². The van der Waals surface area contributed by atoms with E-state index in [1.807, 2.05) is 0 Å². The van der Waals surface area contributed by atoms with Crippen LogP contribution in [0.2, 0.25) is 5.02 Å². The van der Waals surface area contributed by atoms with Gasteiger partial charge in [0.25, 0.3) is 5.91 Å². The number of hydrogen-bond acceptors (Lipinski definition) is 4. The van der Waals surface area contributed by atoms with Gasteiger partial charge >= 0.3 is 0 Å². The number of halogens is 3. The van der Waals surface area contributed by atoms with Gasteiger partial charge in [0, 0.05) is 28.0 Å². The lowest BCUT2D eigenvalue weighted by atomic mass is 10.2. The van der Waals surface area contributed by atoms with Crippen molar-refractivity contribution in [3.8, 4) is 5.75 Å². The topological polar surface area (TPSA) is 96.5 Å². The molecule has 2 aromatic rings. The molecule has 0 heterocycles. The number of ether oxygens (including phenoxy) is 1. The maximum atomic E-state index is 12.0. The van der Waals surface area contributed by atoms with Gasteiger partial charge in [-0.1, -0.05) is 33.6 Å². The number of rotatable bonds is 7. The standard InChI is InChI=1S/C19H18Br2ClN3O4/c1-11-14(22)3-2-4-15(11)23-17(26)7-8-18(27)24-25-19(28)10-29-16-6-5-12(20)9-13(16)21/h2-6,9H,7-8,10H2,1H3,(H,23,26)(H,24,27)(H,25,28). The first-order valence-electron chi connectivity index (χ1n) is 8.46. The summed E-state index contributed by atoms with van der Waals surface area (Å²) in [6, 6.07) is 10.4. The molecule has 0 atom stereocenters. The molecule has 10 heteroatoms. The van der Waals surface area contributed by atoms with Crippen LogP contribution in [0.1, 0.15) is 18.4 Å². The van der Waals surface area contributed by atoms with Crippen molar-refractivity contribution < 1.29 is 19.1 Å². The molecule has 3 amide bonds. The minimum atomic E-state index is -0.535. The van der Waals surface area contributed by atoms with Gasteiger partial charge < -0.3 is 10.1 Å². The molecule has 0 aliphatic rings. The van der Waals surface area contributed by atoms with Gasteiger partial charge in [-0.05, 0) is 58.7 Å². The molecule has 2 rings (SSSR count). The normalized spacial score (nSPS) is 10.2. The maximum Gasteiger partial charge on any atom is 0.276 e. The van der Waals surface area contributed by atoms with E-state index < -0.39 is 11.8 Å². The zero-order valence-corrected chi connectivity index (χ0v) is 19.3. The summed E-state index contributed by atoms with van der Waals surface area (Å²) in [5.41, 5.74) is 5.82. The average molecular weight is 548 g/mol. The van der Waals surface area contributed by atoms with Crippen molar-refractivity contribution in [1.82, 2.24) is 10.9 Å². The Labute approximate surface area is 189 Å². The second kappa shape index (κ2) is 11.2. The van der Waals surface area contributed by atoms with Crippen molar-refractivity contribution in [3.63, 3.8) is 0 Å². The van der Waals surface area contributed by atoms with Crippen LogP contribution in [0.5, 0.6) is 5.75 Å². The molecule has 0 unspecified atom stereocenters. The monoisotopic (exact) mass is 545 g/mol. The summed E-state index contributed by atoms with van der Waals surface area (Å²) in [6.07, 6.45) is -0.138. The van der Waals surface area contributed by atoms with E-state index in [1.54, 1.807) is 43.3 Å². The number of hydrogen-bond donors (Lipinski definition) is 3. The number of hydrazine groups is 1. The Morgan fingerprint density at radius 1 is 1.00 bits per heavy atom. The number of nitrogens with one attached hydrogen (secondary N) is 3. The molecule has 0 fully saturated rings. The average Bonchev–Trinajstić information content (AvgIpc) is 2.67. The Morgan fingerprint density at radius 3 is 2.41 bits per heavy atom. The lowest BCUT2D eigenvalue weighted by Gasteiger charge is -2.11. The van der Waals surface area contributed by atoms with Gasteiger partial charge in [-0.3, -0.25) is 25.2 Å². The second-order valence-corrected chi connectivity index (χ2v) is 8.10. The van der Waals surface area contributed by atoms with E-state index in [4.69, 9.17) is 16.3 Å². The lowest BCUT2D eigenvalue weighted by molar-refractivity contribution is -0.130. The van der Waals surface area contributed by atoms with Gasteiger partial charge in [-0.25, -0.2) is 0 Å². The maximum absolute atomic E-state index is 12.0. The van der Waals surface area contributed by atoms with E-state index in [9.17, 15) is 14.4 Å². The Kier molecular flexibility index (Phi) is 8.94. The van der Waals surface area contributed by atoms with Gasteiger partial charge in [0.15, 0.2) is 6.61 Å². The molecule has 0 aromatic heterocycles. The van der Waals surface area contributed by atoms with Crippen molar-refractivity contribution >= 4 is 66.9 Å². The third-order valence-electron chi connectivity index (χ3n) is 3.71. The summed E-state index contributed by atoms with van der Waals surface area (Å²) in [5.74, 6) is -0.878. The highest BCUT2D eigenvalue weighted by Gasteiger charge is 2.11. The van der Waals surface area contributed by atoms with E-state index in [0.717, 1.165) is 10.0 Å². The zero-order valence-electron chi connectivity index (χ0n) is 15.4. The molecule has 0 saturated carbocycles. The molecule has 0 saturated heterocycles. The number of carbonyl (C=O) groups excluding carboxylic acids is 3. The van der Waals surface area contributed by atoms with E-state index in [1.165, 1.54) is 0 Å². The van der Waals surface area contributed by atoms with Crippen LogP contribution in [0, 0.1) is 6.92 Å². The van der Waals surface area contributed by atoms with Gasteiger partial charge in [-0.2, -0.15) is 0 Å². The molecule has 0 aliphatic carbocycles. The zero-order chi connectivity index (χ0) is 21.4. The van der Waals surface area contributed by atoms with Crippen LogP contribution in [0.25, 0.3) is 0 Å². The number of carbonyl (C=O) groups is 3. The van der Waals surface area contributed by atoms with Crippen molar-refractivity contribution in [2.75, 3.05) is 11.9 Å². The highest BCUT2D eigenvalue weighted by molar-refractivity contribution is 9.11. The molecule has 3 N–H and O–H groups in total. The summed E-state index contributed by atoms with van der Waals surface area (Å²) in [6.45, 7) is 1.50. The van der Waals surface area contributed by atoms with Gasteiger partial charge in [0.2, 0.25) is 11.8 Å². The van der Waals surface area contributed by atoms with E-state index in [0.29, 0.717) is 20.9 Å². The van der Waals surface area contributed by atoms with E-state index >= 15 is 0 Å². The quantitative estimate of drug-likeness (QED) is 0.455. The van der Waals surface area contributed by atoms with Crippen molar-refractivity contribution in [1.29, 1.82) is 0 Å². The molecule has 0 radical (unpaired) electrons. The number of anilines is 1. The molecule has 154 valence electrons. The Balaban J connectivity index is 1.69. The van der Waals surface area contributed by atoms with Crippen LogP contribution >= 0.6 is 43.5 Å². The Bertz CT molecular complexity index is 924. The first kappa shape index (κ1) is 23.2. The summed E-state index contributed by atoms with van der Waals surface area (Å²) >= 11 is 12.6. The first-order chi connectivity index (χ1) is 13.8. The van der Waals surface area contributed by atoms with Crippen molar-refractivity contribution in [2.45, 2.75) is 19.8 Å². The highest BCUT2D eigenvalue weighted by Crippen LogP contribution is 2.28. The van der Waals surface area contributed by atoms with Crippen LogP contribution in [0.15, 0.2) is 45.3 Å². The SMILES string of the molecule is Cc1c(Cl)cccc1NC(=O)CCC(=O)NNC(=O)COc1ccc(Br)cc1Br. The number of amides is 3. The fourth-order valence-electron chi connectivity index (χ4n) is 2.16. The molecular formula is C19H18Br2ClN3O4. The molecule has 29 heavy (non-hydrogen) atoms. The van der Waals surface area contributed by atoms with Crippen LogP contribution < -0.4 is 20.9 Å². The Morgan fingerprint density at radius 2 is 1.69 bits per heavy atom. The minimum Gasteiger partial charge on any atom is -0.483 e. The fourth-order valence-corrected chi connectivity index (χ4v) is 3.49. The van der Waals surface area contributed by atoms with Gasteiger partial charge in [0.05, 0.1) is 4.47 Å². The highest BCUT2D eigenvalue weighted by atomic mass is 79.9. The number of benzene rings is 2. The predicted octanol–water partition coefficient (Wildman–Crippen LogP) is 4.12. The third-order valence-corrected chi connectivity index (χ3v) is 5.24. The largest absolute Gasteiger partial charge is 0.483 e. The van der Waals surface area contributed by atoms with Crippen LogP contribution in [0.4, 0.5) is 5.69 Å². The third kappa shape index (κ3) is 7.68. The first-order valence-corrected chi connectivity index (χ1v) is 10.4. The molecule has 0 bridgehead atoms. The molecular weight excluding hydrogens is 529 g/mol. The van der Waals surface area contributed by atoms with Crippen LogP contribution in [-0.4, -0.2) is 24.3 Å². The lowest BCUT2D eigenvalue weighted by Crippen LogP contribution is -2.44. The fraction of sp³-hybridized carbons (Fsp3) is 0.211. The van der Waals surface area contributed by atoms with Crippen LogP contribution in [0.3, 0.4) is 0 Å². The summed E-state index contributed by atoms with van der Waals surface area (Å²) < 4.78 is 6.91. The molecule has 7 nitrogen and oxygen atoms in total. The second-order valence-electron chi connectivity index (χ2n) is 5.92. The molecule has 2 aromatic carbocycles. The van der Waals surface area contributed by atoms with Crippen molar-refractivity contribution in [2.24, 2.45) is 0 Å². The summed E-state index contributed by atoms with van der Waals surface area (Å²) in [7, 11) is 0. The van der Waals surface area contributed by atoms with Gasteiger partial charge in [-0.15, -0.1) is 0 Å². The van der Waals surface area contributed by atoms with E-state index in [2.05, 4.69) is 48.0 Å². The van der Waals surface area contributed by atoms with Crippen LogP contribution in [-0.2, 0) is 14.4 Å². The smallest absolute Gasteiger partial charge is 0.276 e. The Hall–Kier alpha value is -2.10. The summed E-state index contributed by atoms with van der Waals surface area (Å²) in [5, 5.41) is 3.24. The molecule has 0 aliphatic heterocycles. The summed E-state index contributed by atoms with van der Waals surface area (Å²) in [4.78, 5) is 35.6. The predicted molar refractivity (Wildman–Crippen MR) is 118 cm³/mol. The van der Waals surface area contributed by atoms with E-state index in [-0.39, 0.29) is 25.4 Å².